The van der Waals surface area contributed by atoms with Crippen molar-refractivity contribution >= 4 is 5.91 Å². The number of likely N-dealkylation sites (N-methyl/N-ethyl adjacent to an activating group) is 1. The summed E-state index contributed by atoms with van der Waals surface area (Å²) >= 11 is 0. The summed E-state index contributed by atoms with van der Waals surface area (Å²) in [5, 5.41) is 2.95. The van der Waals surface area contributed by atoms with Crippen LogP contribution in [0.2, 0.25) is 0 Å². The fraction of sp³-hybridized carbons (Fsp3) is 0.909. The smallest absolute Gasteiger partial charge is 0.220 e. The number of piperazine rings is 1. The summed E-state index contributed by atoms with van der Waals surface area (Å²) in [6, 6.07) is 0. The predicted octanol–water partition coefficient (Wildman–Crippen LogP) is 0.150. The first-order valence-electron chi connectivity index (χ1n) is 5.90. The van der Waals surface area contributed by atoms with Gasteiger partial charge in [0.25, 0.3) is 0 Å². The zero-order valence-electron chi connectivity index (χ0n) is 9.96. The van der Waals surface area contributed by atoms with Crippen molar-refractivity contribution in [3.8, 4) is 0 Å². The van der Waals surface area contributed by atoms with E-state index >= 15 is 0 Å². The highest BCUT2D eigenvalue weighted by Gasteiger charge is 2.12. The van der Waals surface area contributed by atoms with Gasteiger partial charge < -0.3 is 10.2 Å². The van der Waals surface area contributed by atoms with Gasteiger partial charge in [0.1, 0.15) is 0 Å². The van der Waals surface area contributed by atoms with E-state index in [1.807, 2.05) is 6.92 Å². The standard InChI is InChI=1S/C11H23N3O/c1-3-4-11(15)12-5-6-14-9-7-13(2)8-10-14/h3-10H2,1-2H3,(H,12,15). The second kappa shape index (κ2) is 6.80. The lowest BCUT2D eigenvalue weighted by Gasteiger charge is -2.32. The zero-order chi connectivity index (χ0) is 11.1. The average Bonchev–Trinajstić information content (AvgIpc) is 2.21. The Kier molecular flexibility index (Phi) is 5.65. The number of hydrogen-bond acceptors (Lipinski definition) is 3. The van der Waals surface area contributed by atoms with E-state index in [2.05, 4.69) is 22.2 Å². The molecule has 1 fully saturated rings. The minimum Gasteiger partial charge on any atom is -0.355 e. The normalized spacial score (nSPS) is 19.1. The lowest BCUT2D eigenvalue weighted by atomic mass is 10.3. The molecule has 0 aromatic rings. The zero-order valence-corrected chi connectivity index (χ0v) is 9.96. The summed E-state index contributed by atoms with van der Waals surface area (Å²) in [6.07, 6.45) is 1.59. The molecule has 1 aliphatic heterocycles. The highest BCUT2D eigenvalue weighted by molar-refractivity contribution is 5.75. The molecule has 0 radical (unpaired) electrons. The predicted molar refractivity (Wildman–Crippen MR) is 61.9 cm³/mol. The summed E-state index contributed by atoms with van der Waals surface area (Å²) in [6.45, 7) is 8.35. The lowest BCUT2D eigenvalue weighted by molar-refractivity contribution is -0.121. The highest BCUT2D eigenvalue weighted by atomic mass is 16.1. The van der Waals surface area contributed by atoms with Crippen molar-refractivity contribution in [1.29, 1.82) is 0 Å². The van der Waals surface area contributed by atoms with Crippen LogP contribution in [-0.4, -0.2) is 62.0 Å². The molecule has 1 heterocycles. The molecule has 0 aromatic carbocycles. The second-order valence-electron chi connectivity index (χ2n) is 4.24. The summed E-state index contributed by atoms with van der Waals surface area (Å²) in [4.78, 5) is 15.9. The molecule has 88 valence electrons. The van der Waals surface area contributed by atoms with Crippen LogP contribution < -0.4 is 5.32 Å². The molecule has 1 rings (SSSR count). The van der Waals surface area contributed by atoms with E-state index in [-0.39, 0.29) is 5.91 Å². The van der Waals surface area contributed by atoms with Gasteiger partial charge >= 0.3 is 0 Å². The largest absolute Gasteiger partial charge is 0.355 e. The van der Waals surface area contributed by atoms with E-state index in [1.165, 1.54) is 0 Å². The third-order valence-corrected chi connectivity index (χ3v) is 2.82. The maximum absolute atomic E-state index is 11.2. The van der Waals surface area contributed by atoms with Gasteiger partial charge in [-0.05, 0) is 13.5 Å². The van der Waals surface area contributed by atoms with Gasteiger partial charge in [-0.25, -0.2) is 0 Å². The van der Waals surface area contributed by atoms with Crippen molar-refractivity contribution in [3.63, 3.8) is 0 Å². The van der Waals surface area contributed by atoms with Crippen LogP contribution in [0.4, 0.5) is 0 Å². The number of amides is 1. The summed E-state index contributed by atoms with van der Waals surface area (Å²) < 4.78 is 0. The van der Waals surface area contributed by atoms with Gasteiger partial charge in [-0.2, -0.15) is 0 Å². The summed E-state index contributed by atoms with van der Waals surface area (Å²) in [7, 11) is 2.15. The maximum Gasteiger partial charge on any atom is 0.220 e. The van der Waals surface area contributed by atoms with Crippen LogP contribution in [0.1, 0.15) is 19.8 Å². The molecule has 0 aromatic heterocycles. The van der Waals surface area contributed by atoms with E-state index in [9.17, 15) is 4.79 Å². The minimum atomic E-state index is 0.187. The van der Waals surface area contributed by atoms with Crippen molar-refractivity contribution in [3.05, 3.63) is 0 Å². The Labute approximate surface area is 92.6 Å². The number of rotatable bonds is 5. The molecule has 1 amide bonds. The van der Waals surface area contributed by atoms with Gasteiger partial charge in [0.05, 0.1) is 0 Å². The van der Waals surface area contributed by atoms with Crippen LogP contribution in [0.25, 0.3) is 0 Å². The van der Waals surface area contributed by atoms with Crippen LogP contribution >= 0.6 is 0 Å². The molecular weight excluding hydrogens is 190 g/mol. The van der Waals surface area contributed by atoms with E-state index < -0.39 is 0 Å². The molecular formula is C11H23N3O. The Morgan fingerprint density at radius 3 is 2.53 bits per heavy atom. The van der Waals surface area contributed by atoms with Crippen molar-refractivity contribution in [1.82, 2.24) is 15.1 Å². The van der Waals surface area contributed by atoms with Gasteiger partial charge in [0, 0.05) is 45.7 Å². The number of carbonyl (C=O) groups is 1. The summed E-state index contributed by atoms with van der Waals surface area (Å²) in [5.74, 6) is 0.187. The SMILES string of the molecule is CCCC(=O)NCCN1CCN(C)CC1. The van der Waals surface area contributed by atoms with Gasteiger partial charge in [0.15, 0.2) is 0 Å². The fourth-order valence-electron chi connectivity index (χ4n) is 1.74. The molecule has 1 N–H and O–H groups in total. The van der Waals surface area contributed by atoms with E-state index in [0.29, 0.717) is 6.42 Å². The maximum atomic E-state index is 11.2. The second-order valence-corrected chi connectivity index (χ2v) is 4.24. The molecule has 1 aliphatic rings. The van der Waals surface area contributed by atoms with Crippen LogP contribution in [-0.2, 0) is 4.79 Å². The van der Waals surface area contributed by atoms with Gasteiger partial charge in [-0.3, -0.25) is 9.69 Å². The molecule has 0 atom stereocenters. The molecule has 1 saturated heterocycles. The first-order chi connectivity index (χ1) is 7.22. The van der Waals surface area contributed by atoms with Crippen molar-refractivity contribution in [2.75, 3.05) is 46.3 Å². The fourth-order valence-corrected chi connectivity index (χ4v) is 1.74. The first-order valence-corrected chi connectivity index (χ1v) is 5.90. The topological polar surface area (TPSA) is 35.6 Å². The average molecular weight is 213 g/mol. The Morgan fingerprint density at radius 2 is 1.93 bits per heavy atom. The molecule has 0 unspecified atom stereocenters. The van der Waals surface area contributed by atoms with Crippen LogP contribution in [0.3, 0.4) is 0 Å². The number of hydrogen-bond donors (Lipinski definition) is 1. The van der Waals surface area contributed by atoms with Crippen molar-refractivity contribution < 1.29 is 4.79 Å². The third-order valence-electron chi connectivity index (χ3n) is 2.82. The number of nitrogens with one attached hydrogen (secondary N) is 1. The number of carbonyl (C=O) groups excluding carboxylic acids is 1. The minimum absolute atomic E-state index is 0.187. The quantitative estimate of drug-likeness (QED) is 0.706. The van der Waals surface area contributed by atoms with Crippen LogP contribution in [0.15, 0.2) is 0 Å². The molecule has 0 saturated carbocycles. The molecule has 4 nitrogen and oxygen atoms in total. The number of nitrogens with zero attached hydrogens (tertiary/aromatic N) is 2. The van der Waals surface area contributed by atoms with E-state index in [0.717, 1.165) is 45.7 Å². The van der Waals surface area contributed by atoms with E-state index in [4.69, 9.17) is 0 Å². The Balaban J connectivity index is 2.02. The third kappa shape index (κ3) is 5.14. The molecule has 0 spiro atoms. The van der Waals surface area contributed by atoms with Gasteiger partial charge in [0.2, 0.25) is 5.91 Å². The van der Waals surface area contributed by atoms with Crippen LogP contribution in [0, 0.1) is 0 Å². The first kappa shape index (κ1) is 12.5. The Morgan fingerprint density at radius 1 is 1.27 bits per heavy atom. The summed E-state index contributed by atoms with van der Waals surface area (Å²) in [5.41, 5.74) is 0. The highest BCUT2D eigenvalue weighted by Crippen LogP contribution is 1.97. The molecule has 0 bridgehead atoms. The van der Waals surface area contributed by atoms with E-state index in [1.54, 1.807) is 0 Å². The molecule has 15 heavy (non-hydrogen) atoms. The van der Waals surface area contributed by atoms with Crippen molar-refractivity contribution in [2.24, 2.45) is 0 Å². The Hall–Kier alpha value is -0.610. The van der Waals surface area contributed by atoms with Crippen molar-refractivity contribution in [2.45, 2.75) is 19.8 Å². The van der Waals surface area contributed by atoms with Gasteiger partial charge in [-0.1, -0.05) is 6.92 Å². The lowest BCUT2D eigenvalue weighted by Crippen LogP contribution is -2.46. The Bertz CT molecular complexity index is 188. The van der Waals surface area contributed by atoms with Gasteiger partial charge in [-0.15, -0.1) is 0 Å². The molecule has 0 aliphatic carbocycles. The molecule has 4 heteroatoms. The van der Waals surface area contributed by atoms with Crippen LogP contribution in [0.5, 0.6) is 0 Å². The monoisotopic (exact) mass is 213 g/mol.